The second-order valence-corrected chi connectivity index (χ2v) is 3.56. The quantitative estimate of drug-likeness (QED) is 0.472. The van der Waals surface area contributed by atoms with Crippen LogP contribution in [0.1, 0.15) is 0 Å². The molecule has 0 saturated heterocycles. The Morgan fingerprint density at radius 3 is 2.33 bits per heavy atom. The van der Waals surface area contributed by atoms with Crippen LogP contribution in [-0.4, -0.2) is 8.76 Å². The molecule has 1 aromatic rings. The molecule has 1 unspecified atom stereocenters. The zero-order chi connectivity index (χ0) is 8.43. The molecule has 0 aliphatic heterocycles. The van der Waals surface area contributed by atoms with Crippen molar-refractivity contribution in [3.8, 4) is 0 Å². The van der Waals surface area contributed by atoms with Crippen molar-refractivity contribution in [1.82, 2.24) is 0 Å². The molecule has 0 bridgehead atoms. The Bertz CT molecular complexity index is 306. The molecule has 60 valence electrons. The first-order chi connectivity index (χ1) is 5.11. The van der Waals surface area contributed by atoms with Crippen molar-refractivity contribution in [3.63, 3.8) is 0 Å². The average Bonchev–Trinajstić information content (AvgIpc) is 1.85. The molecule has 1 atom stereocenters. The van der Waals surface area contributed by atoms with Gasteiger partial charge in [0, 0.05) is 9.92 Å². The summed E-state index contributed by atoms with van der Waals surface area (Å²) in [6.07, 6.45) is 0. The Morgan fingerprint density at radius 1 is 1.33 bits per heavy atom. The van der Waals surface area contributed by atoms with Crippen LogP contribution < -0.4 is 29.6 Å². The fraction of sp³-hybridized carbons (Fsp3) is 0. The third-order valence-electron chi connectivity index (χ3n) is 1.07. The van der Waals surface area contributed by atoms with E-state index in [-0.39, 0.29) is 39.5 Å². The van der Waals surface area contributed by atoms with Gasteiger partial charge in [-0.15, -0.1) is 0 Å². The number of hydrogen-bond donors (Lipinski definition) is 0. The van der Waals surface area contributed by atoms with E-state index in [0.717, 1.165) is 0 Å². The van der Waals surface area contributed by atoms with Crippen LogP contribution in [0.2, 0.25) is 10.0 Å². The number of benzene rings is 1. The van der Waals surface area contributed by atoms with Crippen molar-refractivity contribution in [2.75, 3.05) is 0 Å². The molecule has 1 aromatic carbocycles. The van der Waals surface area contributed by atoms with E-state index >= 15 is 0 Å². The maximum atomic E-state index is 10.4. The average molecular weight is 233 g/mol. The van der Waals surface area contributed by atoms with Crippen LogP contribution in [0.4, 0.5) is 0 Å². The second kappa shape index (κ2) is 5.60. The Labute approximate surface area is 105 Å². The molecule has 0 radical (unpaired) electrons. The molecule has 0 aliphatic carbocycles. The van der Waals surface area contributed by atoms with E-state index in [2.05, 4.69) is 0 Å². The van der Waals surface area contributed by atoms with Crippen LogP contribution in [0.15, 0.2) is 23.1 Å². The number of rotatable bonds is 1. The Morgan fingerprint density at radius 2 is 1.92 bits per heavy atom. The van der Waals surface area contributed by atoms with E-state index < -0.39 is 11.1 Å². The molecule has 0 aromatic heterocycles. The molecule has 0 aliphatic rings. The molecular weight excluding hydrogens is 230 g/mol. The summed E-state index contributed by atoms with van der Waals surface area (Å²) in [7, 11) is 0. The Hall–Kier alpha value is 0.910. The topological polar surface area (TPSA) is 40.1 Å². The molecule has 0 N–H and O–H groups in total. The molecular formula is C6H3Cl2NaO2S. The predicted molar refractivity (Wildman–Crippen MR) is 43.6 cm³/mol. The van der Waals surface area contributed by atoms with Gasteiger partial charge in [-0.05, 0) is 29.3 Å². The molecule has 0 saturated carbocycles. The molecule has 0 spiro atoms. The van der Waals surface area contributed by atoms with Crippen LogP contribution in [0.3, 0.4) is 0 Å². The summed E-state index contributed by atoms with van der Waals surface area (Å²) in [5, 5.41) is 0.565. The zero-order valence-electron chi connectivity index (χ0n) is 6.21. The van der Waals surface area contributed by atoms with Crippen molar-refractivity contribution >= 4 is 34.3 Å². The molecule has 6 heteroatoms. The van der Waals surface area contributed by atoms with Gasteiger partial charge in [0.1, 0.15) is 0 Å². The van der Waals surface area contributed by atoms with Gasteiger partial charge in [0.15, 0.2) is 0 Å². The van der Waals surface area contributed by atoms with Gasteiger partial charge in [0.25, 0.3) is 0 Å². The van der Waals surface area contributed by atoms with E-state index in [1.807, 2.05) is 0 Å². The minimum Gasteiger partial charge on any atom is -0.768 e. The van der Waals surface area contributed by atoms with E-state index in [4.69, 9.17) is 23.2 Å². The second-order valence-electron chi connectivity index (χ2n) is 1.81. The van der Waals surface area contributed by atoms with Crippen LogP contribution in [-0.2, 0) is 11.1 Å². The first-order valence-corrected chi connectivity index (χ1v) is 4.48. The van der Waals surface area contributed by atoms with Crippen LogP contribution in [0.5, 0.6) is 0 Å². The van der Waals surface area contributed by atoms with Gasteiger partial charge in [-0.3, -0.25) is 4.21 Å². The molecule has 0 heterocycles. The van der Waals surface area contributed by atoms with Gasteiger partial charge in [0.2, 0.25) is 0 Å². The van der Waals surface area contributed by atoms with Gasteiger partial charge < -0.3 is 4.55 Å². The smallest absolute Gasteiger partial charge is 0.768 e. The monoisotopic (exact) mass is 232 g/mol. The van der Waals surface area contributed by atoms with E-state index in [1.165, 1.54) is 18.2 Å². The summed E-state index contributed by atoms with van der Waals surface area (Å²) in [5.74, 6) is 0. The van der Waals surface area contributed by atoms with Gasteiger partial charge in [-0.2, -0.15) is 0 Å². The standard InChI is InChI=1S/C6H4Cl2O2S.Na/c7-4-1-2-6(11(9)10)5(8)3-4;/h1-3H,(H,9,10);/q;+1/p-1. The molecule has 0 fully saturated rings. The number of hydrogen-bond acceptors (Lipinski definition) is 2. The summed E-state index contributed by atoms with van der Waals surface area (Å²) >= 11 is 8.79. The third kappa shape index (κ3) is 3.34. The largest absolute Gasteiger partial charge is 1.00 e. The minimum atomic E-state index is -2.29. The molecule has 12 heavy (non-hydrogen) atoms. The number of halogens is 2. The van der Waals surface area contributed by atoms with Crippen molar-refractivity contribution in [1.29, 1.82) is 0 Å². The summed E-state index contributed by atoms with van der Waals surface area (Å²) < 4.78 is 20.8. The van der Waals surface area contributed by atoms with Crippen LogP contribution in [0.25, 0.3) is 0 Å². The van der Waals surface area contributed by atoms with Gasteiger partial charge in [-0.25, -0.2) is 0 Å². The molecule has 2 nitrogen and oxygen atoms in total. The van der Waals surface area contributed by atoms with Gasteiger partial charge in [-0.1, -0.05) is 23.2 Å². The predicted octanol–water partition coefficient (Wildman–Crippen LogP) is -0.765. The maximum absolute atomic E-state index is 10.4. The molecule has 1 rings (SSSR count). The molecule has 0 amide bonds. The van der Waals surface area contributed by atoms with Gasteiger partial charge in [0.05, 0.1) is 5.02 Å². The van der Waals surface area contributed by atoms with Crippen molar-refractivity contribution in [3.05, 3.63) is 28.2 Å². The first-order valence-electron chi connectivity index (χ1n) is 2.65. The summed E-state index contributed by atoms with van der Waals surface area (Å²) in [6, 6.07) is 4.21. The van der Waals surface area contributed by atoms with E-state index in [9.17, 15) is 8.76 Å². The van der Waals surface area contributed by atoms with Crippen LogP contribution in [0, 0.1) is 0 Å². The third-order valence-corrected chi connectivity index (χ3v) is 2.45. The zero-order valence-corrected chi connectivity index (χ0v) is 10.5. The van der Waals surface area contributed by atoms with E-state index in [0.29, 0.717) is 5.02 Å². The van der Waals surface area contributed by atoms with Gasteiger partial charge >= 0.3 is 29.6 Å². The Balaban J connectivity index is 0.00000121. The fourth-order valence-electron chi connectivity index (χ4n) is 0.610. The normalized spacial score (nSPS) is 11.9. The summed E-state index contributed by atoms with van der Waals surface area (Å²) in [5.41, 5.74) is 0. The van der Waals surface area contributed by atoms with Crippen molar-refractivity contribution < 1.29 is 38.3 Å². The van der Waals surface area contributed by atoms with E-state index in [1.54, 1.807) is 0 Å². The SMILES string of the molecule is O=S([O-])c1ccc(Cl)cc1Cl.[Na+]. The first kappa shape index (κ1) is 12.9. The summed E-state index contributed by atoms with van der Waals surface area (Å²) in [4.78, 5) is 0.0658. The minimum absolute atomic E-state index is 0. The fourth-order valence-corrected chi connectivity index (χ4v) is 1.61. The van der Waals surface area contributed by atoms with Crippen molar-refractivity contribution in [2.45, 2.75) is 4.90 Å². The Kier molecular flexibility index (Phi) is 6.03. The van der Waals surface area contributed by atoms with Crippen LogP contribution >= 0.6 is 23.2 Å². The van der Waals surface area contributed by atoms with Crippen molar-refractivity contribution in [2.24, 2.45) is 0 Å². The maximum Gasteiger partial charge on any atom is 1.00 e. The summed E-state index contributed by atoms with van der Waals surface area (Å²) in [6.45, 7) is 0.